The fourth-order valence-corrected chi connectivity index (χ4v) is 4.00. The van der Waals surface area contributed by atoms with Crippen molar-refractivity contribution in [1.82, 2.24) is 0 Å². The monoisotopic (exact) mass is 369 g/mol. The number of anilines is 1. The van der Waals surface area contributed by atoms with Gasteiger partial charge in [0.25, 0.3) is 0 Å². The molecule has 0 radical (unpaired) electrons. The van der Waals surface area contributed by atoms with Crippen LogP contribution in [-0.2, 0) is 20.4 Å². The molecule has 4 nitrogen and oxygen atoms in total. The van der Waals surface area contributed by atoms with E-state index in [4.69, 9.17) is 11.6 Å². The molecule has 0 aliphatic rings. The van der Waals surface area contributed by atoms with Gasteiger partial charge >= 0.3 is 0 Å². The molecule has 0 spiro atoms. The van der Waals surface area contributed by atoms with Crippen LogP contribution in [-0.4, -0.2) is 20.1 Å². The third-order valence-corrected chi connectivity index (χ3v) is 5.13. The molecule has 24 heavy (non-hydrogen) atoms. The van der Waals surface area contributed by atoms with Gasteiger partial charge in [-0.2, -0.15) is 0 Å². The first kappa shape index (κ1) is 18.4. The SMILES string of the molecule is Cc1cc(C)c(NC(=O)CS(=O)(=O)Cc2ccccc2F)c(Cl)c1. The van der Waals surface area contributed by atoms with Crippen LogP contribution in [0.1, 0.15) is 16.7 Å². The van der Waals surface area contributed by atoms with Gasteiger partial charge in [-0.05, 0) is 37.1 Å². The minimum atomic E-state index is -3.81. The topological polar surface area (TPSA) is 63.2 Å². The molecule has 0 heterocycles. The smallest absolute Gasteiger partial charge is 0.239 e. The highest BCUT2D eigenvalue weighted by Crippen LogP contribution is 2.27. The van der Waals surface area contributed by atoms with Gasteiger partial charge in [0, 0.05) is 5.56 Å². The number of rotatable bonds is 5. The van der Waals surface area contributed by atoms with Crippen LogP contribution in [0.15, 0.2) is 36.4 Å². The first-order valence-corrected chi connectivity index (χ1v) is 9.38. The Bertz CT molecular complexity index is 858. The highest BCUT2D eigenvalue weighted by atomic mass is 35.5. The molecule has 7 heteroatoms. The molecule has 0 atom stereocenters. The van der Waals surface area contributed by atoms with E-state index >= 15 is 0 Å². The number of carbonyl (C=O) groups is 1. The van der Waals surface area contributed by atoms with Gasteiger partial charge < -0.3 is 5.32 Å². The largest absolute Gasteiger partial charge is 0.324 e. The molecular weight excluding hydrogens is 353 g/mol. The summed E-state index contributed by atoms with van der Waals surface area (Å²) in [7, 11) is -3.81. The lowest BCUT2D eigenvalue weighted by molar-refractivity contribution is -0.113. The molecule has 0 saturated carbocycles. The Kier molecular flexibility index (Phi) is 5.62. The lowest BCUT2D eigenvalue weighted by Crippen LogP contribution is -2.24. The summed E-state index contributed by atoms with van der Waals surface area (Å²) < 4.78 is 37.8. The Labute approximate surface area is 145 Å². The molecule has 1 amide bonds. The highest BCUT2D eigenvalue weighted by molar-refractivity contribution is 7.91. The van der Waals surface area contributed by atoms with Crippen LogP contribution < -0.4 is 5.32 Å². The summed E-state index contributed by atoms with van der Waals surface area (Å²) in [6, 6.07) is 9.09. The Morgan fingerprint density at radius 1 is 1.21 bits per heavy atom. The van der Waals surface area contributed by atoms with Gasteiger partial charge in [0.15, 0.2) is 9.84 Å². The Morgan fingerprint density at radius 2 is 1.88 bits per heavy atom. The molecule has 0 aliphatic carbocycles. The fourth-order valence-electron chi connectivity index (χ4n) is 2.35. The maximum atomic E-state index is 13.6. The van der Waals surface area contributed by atoms with Gasteiger partial charge in [0.2, 0.25) is 5.91 Å². The molecule has 0 bridgehead atoms. The zero-order chi connectivity index (χ0) is 17.9. The second-order valence-electron chi connectivity index (χ2n) is 5.61. The average Bonchev–Trinajstić information content (AvgIpc) is 2.44. The van der Waals surface area contributed by atoms with Crippen molar-refractivity contribution in [3.63, 3.8) is 0 Å². The first-order chi connectivity index (χ1) is 11.2. The van der Waals surface area contributed by atoms with Crippen LogP contribution >= 0.6 is 11.6 Å². The van der Waals surface area contributed by atoms with Gasteiger partial charge in [-0.15, -0.1) is 0 Å². The van der Waals surface area contributed by atoms with E-state index in [9.17, 15) is 17.6 Å². The second kappa shape index (κ2) is 7.32. The number of carbonyl (C=O) groups excluding carboxylic acids is 1. The number of hydrogen-bond acceptors (Lipinski definition) is 3. The van der Waals surface area contributed by atoms with Crippen molar-refractivity contribution in [3.05, 3.63) is 63.9 Å². The van der Waals surface area contributed by atoms with Crippen LogP contribution in [0.4, 0.5) is 10.1 Å². The molecule has 0 unspecified atom stereocenters. The standard InChI is InChI=1S/C17H17ClFNO3S/c1-11-7-12(2)17(14(18)8-11)20-16(21)10-24(22,23)9-13-5-3-4-6-15(13)19/h3-8H,9-10H2,1-2H3,(H,20,21). The van der Waals surface area contributed by atoms with E-state index in [0.717, 1.165) is 11.1 Å². The molecule has 0 aliphatic heterocycles. The third kappa shape index (κ3) is 4.79. The minimum Gasteiger partial charge on any atom is -0.324 e. The predicted octanol–water partition coefficient (Wildman–Crippen LogP) is 3.65. The predicted molar refractivity (Wildman–Crippen MR) is 93.4 cm³/mol. The molecule has 0 aromatic heterocycles. The van der Waals surface area contributed by atoms with Crippen LogP contribution in [0, 0.1) is 19.7 Å². The van der Waals surface area contributed by atoms with Crippen molar-refractivity contribution in [2.45, 2.75) is 19.6 Å². The summed E-state index contributed by atoms with van der Waals surface area (Å²) in [5.41, 5.74) is 2.09. The molecule has 2 aromatic carbocycles. The fraction of sp³-hybridized carbons (Fsp3) is 0.235. The van der Waals surface area contributed by atoms with Crippen molar-refractivity contribution in [2.24, 2.45) is 0 Å². The second-order valence-corrected chi connectivity index (χ2v) is 8.08. The number of halogens is 2. The number of amides is 1. The van der Waals surface area contributed by atoms with Crippen LogP contribution in [0.2, 0.25) is 5.02 Å². The number of hydrogen-bond donors (Lipinski definition) is 1. The summed E-state index contributed by atoms with van der Waals surface area (Å²) in [6.07, 6.45) is 0. The van der Waals surface area contributed by atoms with Crippen molar-refractivity contribution in [3.8, 4) is 0 Å². The maximum absolute atomic E-state index is 13.6. The number of benzene rings is 2. The van der Waals surface area contributed by atoms with Crippen LogP contribution in [0.3, 0.4) is 0 Å². The maximum Gasteiger partial charge on any atom is 0.239 e. The Balaban J connectivity index is 2.11. The van der Waals surface area contributed by atoms with Crippen molar-refractivity contribution < 1.29 is 17.6 Å². The van der Waals surface area contributed by atoms with E-state index in [1.54, 1.807) is 19.1 Å². The molecular formula is C17H17ClFNO3S. The van der Waals surface area contributed by atoms with E-state index in [0.29, 0.717) is 10.7 Å². The van der Waals surface area contributed by atoms with Crippen LogP contribution in [0.5, 0.6) is 0 Å². The molecule has 0 saturated heterocycles. The summed E-state index contributed by atoms with van der Waals surface area (Å²) in [6.45, 7) is 3.63. The minimum absolute atomic E-state index is 0.0369. The molecule has 2 aromatic rings. The third-order valence-electron chi connectivity index (χ3n) is 3.38. The summed E-state index contributed by atoms with van der Waals surface area (Å²) in [5, 5.41) is 2.86. The van der Waals surface area contributed by atoms with Gasteiger partial charge in [-0.25, -0.2) is 12.8 Å². The van der Waals surface area contributed by atoms with Gasteiger partial charge in [-0.3, -0.25) is 4.79 Å². The van der Waals surface area contributed by atoms with E-state index in [1.165, 1.54) is 18.2 Å². The van der Waals surface area contributed by atoms with E-state index in [1.807, 2.05) is 13.0 Å². The summed E-state index contributed by atoms with van der Waals surface area (Å²) in [5.74, 6) is -2.60. The zero-order valence-corrected chi connectivity index (χ0v) is 14.8. The Hall–Kier alpha value is -1.92. The van der Waals surface area contributed by atoms with Gasteiger partial charge in [0.05, 0.1) is 16.5 Å². The van der Waals surface area contributed by atoms with E-state index in [-0.39, 0.29) is 5.56 Å². The zero-order valence-electron chi connectivity index (χ0n) is 13.3. The highest BCUT2D eigenvalue weighted by Gasteiger charge is 2.20. The van der Waals surface area contributed by atoms with E-state index in [2.05, 4.69) is 5.32 Å². The molecule has 2 rings (SSSR count). The van der Waals surface area contributed by atoms with Crippen LogP contribution in [0.25, 0.3) is 0 Å². The molecule has 128 valence electrons. The molecule has 0 fully saturated rings. The van der Waals surface area contributed by atoms with Crippen molar-refractivity contribution >= 4 is 33.0 Å². The summed E-state index contributed by atoms with van der Waals surface area (Å²) >= 11 is 6.09. The van der Waals surface area contributed by atoms with Gasteiger partial charge in [-0.1, -0.05) is 35.9 Å². The number of sulfone groups is 1. The molecule has 1 N–H and O–H groups in total. The number of nitrogens with one attached hydrogen (secondary N) is 1. The Morgan fingerprint density at radius 3 is 2.50 bits per heavy atom. The van der Waals surface area contributed by atoms with E-state index < -0.39 is 33.1 Å². The number of aryl methyl sites for hydroxylation is 2. The van der Waals surface area contributed by atoms with Crippen molar-refractivity contribution in [1.29, 1.82) is 0 Å². The van der Waals surface area contributed by atoms with Crippen molar-refractivity contribution in [2.75, 3.05) is 11.1 Å². The lowest BCUT2D eigenvalue weighted by Gasteiger charge is -2.12. The quantitative estimate of drug-likeness (QED) is 0.875. The summed E-state index contributed by atoms with van der Waals surface area (Å²) in [4.78, 5) is 12.0. The lowest BCUT2D eigenvalue weighted by atomic mass is 10.1. The van der Waals surface area contributed by atoms with Gasteiger partial charge in [0.1, 0.15) is 11.6 Å². The normalized spacial score (nSPS) is 11.3. The average molecular weight is 370 g/mol. The first-order valence-electron chi connectivity index (χ1n) is 7.18.